The van der Waals surface area contributed by atoms with Gasteiger partial charge in [0.15, 0.2) is 0 Å². The zero-order valence-corrected chi connectivity index (χ0v) is 21.0. The lowest BCUT2D eigenvalue weighted by molar-refractivity contribution is -0.237. The summed E-state index contributed by atoms with van der Waals surface area (Å²) in [5.41, 5.74) is 2.16. The van der Waals surface area contributed by atoms with Crippen LogP contribution in [0.5, 0.6) is 0 Å². The van der Waals surface area contributed by atoms with E-state index in [4.69, 9.17) is 4.74 Å². The number of carbonyl (C=O) groups excluding carboxylic acids is 1. The Morgan fingerprint density at radius 1 is 1.03 bits per heavy atom. The van der Waals surface area contributed by atoms with Gasteiger partial charge >= 0.3 is 5.97 Å². The molecule has 4 N–H and O–H groups in total. The van der Waals surface area contributed by atoms with E-state index in [-0.39, 0.29) is 29.1 Å². The molecule has 0 bridgehead atoms. The maximum absolute atomic E-state index is 12.5. The van der Waals surface area contributed by atoms with Crippen LogP contribution in [-0.4, -0.2) is 51.4 Å². The van der Waals surface area contributed by atoms with E-state index in [0.717, 1.165) is 36.9 Å². The first-order valence-electron chi connectivity index (χ1n) is 13.6. The van der Waals surface area contributed by atoms with Crippen molar-refractivity contribution in [1.29, 1.82) is 0 Å². The Morgan fingerprint density at radius 2 is 1.81 bits per heavy atom. The van der Waals surface area contributed by atoms with E-state index in [1.54, 1.807) is 6.08 Å². The summed E-state index contributed by atoms with van der Waals surface area (Å²) in [7, 11) is 0. The van der Waals surface area contributed by atoms with Crippen LogP contribution in [0.1, 0.15) is 64.7 Å². The van der Waals surface area contributed by atoms with Crippen LogP contribution >= 0.6 is 0 Å². The quantitative estimate of drug-likeness (QED) is 0.288. The fourth-order valence-electron chi connectivity index (χ4n) is 9.10. The largest absolute Gasteiger partial charge is 0.458 e. The Bertz CT molecular complexity index is 1090. The lowest BCUT2D eigenvalue weighted by atomic mass is 9.41. The predicted molar refractivity (Wildman–Crippen MR) is 136 cm³/mol. The van der Waals surface area contributed by atoms with Gasteiger partial charge in [-0.2, -0.15) is 5.10 Å². The van der Waals surface area contributed by atoms with Crippen molar-refractivity contribution in [2.45, 2.75) is 82.0 Å². The monoisotopic (exact) mass is 494 g/mol. The summed E-state index contributed by atoms with van der Waals surface area (Å²) >= 11 is 0. The Morgan fingerprint density at radius 3 is 2.56 bits per heavy atom. The molecule has 7 heteroatoms. The third-order valence-electron chi connectivity index (χ3n) is 10.9. The minimum atomic E-state index is -1.05. The van der Waals surface area contributed by atoms with Gasteiger partial charge in [0.25, 0.3) is 0 Å². The number of rotatable bonds is 4. The molecule has 7 nitrogen and oxygen atoms in total. The zero-order chi connectivity index (χ0) is 25.2. The van der Waals surface area contributed by atoms with Crippen molar-refractivity contribution < 1.29 is 24.9 Å². The molecule has 36 heavy (non-hydrogen) atoms. The highest BCUT2D eigenvalue weighted by Gasteiger charge is 2.71. The smallest absolute Gasteiger partial charge is 0.331 e. The molecule has 0 spiro atoms. The number of anilines is 1. The zero-order valence-electron chi connectivity index (χ0n) is 21.0. The van der Waals surface area contributed by atoms with Crippen molar-refractivity contribution >= 4 is 17.9 Å². The minimum Gasteiger partial charge on any atom is -0.458 e. The first kappa shape index (κ1) is 24.1. The summed E-state index contributed by atoms with van der Waals surface area (Å²) in [5, 5.41) is 39.7. The molecule has 0 aromatic heterocycles. The van der Waals surface area contributed by atoms with Crippen LogP contribution < -0.4 is 5.43 Å². The van der Waals surface area contributed by atoms with Crippen molar-refractivity contribution in [3.8, 4) is 0 Å². The van der Waals surface area contributed by atoms with E-state index in [2.05, 4.69) is 17.5 Å². The summed E-state index contributed by atoms with van der Waals surface area (Å²) in [5.74, 6) is -0.0496. The lowest BCUT2D eigenvalue weighted by Gasteiger charge is -2.65. The fourth-order valence-corrected chi connectivity index (χ4v) is 9.10. The average molecular weight is 495 g/mol. The molecule has 1 aromatic rings. The van der Waals surface area contributed by atoms with E-state index < -0.39 is 22.7 Å². The molecule has 8 atom stereocenters. The second-order valence-electron chi connectivity index (χ2n) is 12.3. The Kier molecular flexibility index (Phi) is 5.63. The molecule has 4 aliphatic carbocycles. The average Bonchev–Trinajstić information content (AvgIpc) is 3.40. The molecule has 194 valence electrons. The van der Waals surface area contributed by atoms with Gasteiger partial charge in [0.2, 0.25) is 0 Å². The Balaban J connectivity index is 1.35. The van der Waals surface area contributed by atoms with Gasteiger partial charge in [-0.05, 0) is 86.8 Å². The SMILES string of the molecule is C[C@]12CC[C@@H]3[C@@H](CC[C@]4(O)C[C@@H](O)CC[C@]34C=NNc3ccccc3)[C@]1(O)CC[C@H]2C1=CC(=O)OC1. The van der Waals surface area contributed by atoms with Crippen molar-refractivity contribution in [2.75, 3.05) is 12.0 Å². The number of esters is 1. The molecular weight excluding hydrogens is 456 g/mol. The number of hydrogen-bond acceptors (Lipinski definition) is 7. The van der Waals surface area contributed by atoms with E-state index in [9.17, 15) is 20.1 Å². The number of aliphatic hydroxyl groups is 3. The first-order valence-corrected chi connectivity index (χ1v) is 13.6. The topological polar surface area (TPSA) is 111 Å². The molecular formula is C29H38N2O5. The van der Waals surface area contributed by atoms with Gasteiger partial charge in [-0.25, -0.2) is 4.79 Å². The number of para-hydroxylation sites is 1. The van der Waals surface area contributed by atoms with Crippen molar-refractivity contribution in [3.63, 3.8) is 0 Å². The number of cyclic esters (lactones) is 1. The van der Waals surface area contributed by atoms with Crippen LogP contribution in [0.3, 0.4) is 0 Å². The van der Waals surface area contributed by atoms with Gasteiger partial charge in [0.05, 0.1) is 23.0 Å². The van der Waals surface area contributed by atoms with Gasteiger partial charge in [-0.15, -0.1) is 0 Å². The molecule has 1 aliphatic heterocycles. The van der Waals surface area contributed by atoms with E-state index in [0.29, 0.717) is 38.7 Å². The summed E-state index contributed by atoms with van der Waals surface area (Å²) in [6, 6.07) is 9.77. The van der Waals surface area contributed by atoms with Gasteiger partial charge in [0, 0.05) is 29.5 Å². The molecule has 0 saturated heterocycles. The van der Waals surface area contributed by atoms with Gasteiger partial charge in [-0.3, -0.25) is 5.43 Å². The van der Waals surface area contributed by atoms with Crippen LogP contribution in [0, 0.1) is 28.6 Å². The van der Waals surface area contributed by atoms with E-state index in [1.807, 2.05) is 36.5 Å². The number of benzene rings is 1. The predicted octanol–water partition coefficient (Wildman–Crippen LogP) is 3.80. The summed E-state index contributed by atoms with van der Waals surface area (Å²) in [4.78, 5) is 11.8. The van der Waals surface area contributed by atoms with Crippen molar-refractivity contribution in [3.05, 3.63) is 42.0 Å². The fraction of sp³-hybridized carbons (Fsp3) is 0.655. The third-order valence-corrected chi connectivity index (χ3v) is 10.9. The van der Waals surface area contributed by atoms with Crippen LogP contribution in [0.2, 0.25) is 0 Å². The number of aliphatic hydroxyl groups excluding tert-OH is 1. The number of nitrogens with zero attached hydrogens (tertiary/aromatic N) is 1. The maximum atomic E-state index is 12.5. The lowest BCUT2D eigenvalue weighted by Crippen LogP contribution is -2.68. The second kappa shape index (κ2) is 8.40. The van der Waals surface area contributed by atoms with Gasteiger partial charge in [-0.1, -0.05) is 25.1 Å². The Hall–Kier alpha value is -2.22. The number of fused-ring (bicyclic) bond motifs is 5. The highest BCUT2D eigenvalue weighted by molar-refractivity contribution is 5.85. The van der Waals surface area contributed by atoms with E-state index >= 15 is 0 Å². The van der Waals surface area contributed by atoms with Gasteiger partial charge < -0.3 is 20.1 Å². The molecule has 1 aromatic carbocycles. The number of carbonyl (C=O) groups is 1. The molecule has 0 unspecified atom stereocenters. The van der Waals surface area contributed by atoms with Crippen molar-refractivity contribution in [2.24, 2.45) is 33.7 Å². The van der Waals surface area contributed by atoms with Crippen molar-refractivity contribution in [1.82, 2.24) is 0 Å². The number of hydrogen-bond donors (Lipinski definition) is 4. The molecule has 5 aliphatic rings. The minimum absolute atomic E-state index is 0.0265. The van der Waals surface area contributed by atoms with Gasteiger partial charge in [0.1, 0.15) is 6.61 Å². The molecule has 4 fully saturated rings. The number of nitrogens with one attached hydrogen (secondary N) is 1. The third kappa shape index (κ3) is 3.35. The summed E-state index contributed by atoms with van der Waals surface area (Å²) in [6.07, 6.45) is 9.15. The summed E-state index contributed by atoms with van der Waals surface area (Å²) < 4.78 is 5.24. The Labute approximate surface area is 212 Å². The molecule has 6 rings (SSSR count). The molecule has 0 radical (unpaired) electrons. The molecule has 4 saturated carbocycles. The first-order chi connectivity index (χ1) is 17.2. The molecule has 0 amide bonds. The normalized spacial score (nSPS) is 46.0. The molecule has 1 heterocycles. The van der Waals surface area contributed by atoms with Crippen LogP contribution in [0.4, 0.5) is 5.69 Å². The second-order valence-corrected chi connectivity index (χ2v) is 12.3. The number of ether oxygens (including phenoxy) is 1. The highest BCUT2D eigenvalue weighted by Crippen LogP contribution is 2.70. The highest BCUT2D eigenvalue weighted by atomic mass is 16.5. The van der Waals surface area contributed by atoms with Crippen LogP contribution in [0.15, 0.2) is 47.1 Å². The van der Waals surface area contributed by atoms with Crippen LogP contribution in [-0.2, 0) is 9.53 Å². The number of hydrazone groups is 1. The summed E-state index contributed by atoms with van der Waals surface area (Å²) in [6.45, 7) is 2.54. The maximum Gasteiger partial charge on any atom is 0.331 e. The standard InChI is InChI=1S/C29H38N2O5/c1-26-11-8-23-24(29(26,35)14-10-22(26)19-15-25(33)36-17-19)9-13-28(34)16-21(32)7-12-27(23,28)18-30-31-20-5-3-2-4-6-20/h2-6,15,18,21-24,31-32,34-35H,7-14,16-17H2,1H3/t21-,22-,23+,24+,26+,27-,28-,29+/m0/s1. The van der Waals surface area contributed by atoms with E-state index in [1.165, 1.54) is 0 Å². The van der Waals surface area contributed by atoms with Crippen LogP contribution in [0.25, 0.3) is 0 Å².